The molecule has 0 amide bonds. The number of rotatable bonds is 14. The second-order valence-corrected chi connectivity index (χ2v) is 10.9. The van der Waals surface area contributed by atoms with Crippen molar-refractivity contribution in [2.45, 2.75) is 19.9 Å². The number of hydrogen-bond donors (Lipinski definition) is 3. The van der Waals surface area contributed by atoms with Crippen molar-refractivity contribution < 1.29 is 37.7 Å². The molecule has 0 saturated carbocycles. The standard InChI is InChI=1S/C15H27N5O8P2/c1-3-28-29(21,11-30(22,23)24)10-26-6-4-5-20-9-17-12-13(20)18-15(16)19-14(12)27-8-7-25-2/h9H,3-8,10-11H2,1-2H3,(H2,16,18,19)(H2,22,23,24). The summed E-state index contributed by atoms with van der Waals surface area (Å²) in [7, 11) is -6.50. The van der Waals surface area contributed by atoms with Crippen LogP contribution >= 0.6 is 15.0 Å². The molecule has 0 fully saturated rings. The number of nitrogens with zero attached hydrogens (tertiary/aromatic N) is 4. The van der Waals surface area contributed by atoms with E-state index < -0.39 is 20.9 Å². The number of imidazole rings is 1. The highest BCUT2D eigenvalue weighted by molar-refractivity contribution is 7.73. The van der Waals surface area contributed by atoms with Gasteiger partial charge in [-0.05, 0) is 13.3 Å². The zero-order valence-electron chi connectivity index (χ0n) is 16.8. The number of aryl methyl sites for hydroxylation is 1. The lowest BCUT2D eigenvalue weighted by atomic mass is 10.4. The van der Waals surface area contributed by atoms with Gasteiger partial charge in [0.15, 0.2) is 11.2 Å². The zero-order chi connectivity index (χ0) is 22.2. The molecule has 13 nitrogen and oxygen atoms in total. The van der Waals surface area contributed by atoms with Crippen molar-refractivity contribution in [1.82, 2.24) is 19.5 Å². The zero-order valence-corrected chi connectivity index (χ0v) is 18.6. The van der Waals surface area contributed by atoms with Crippen molar-refractivity contribution in [3.05, 3.63) is 6.33 Å². The number of aromatic nitrogens is 4. The van der Waals surface area contributed by atoms with E-state index in [0.29, 0.717) is 30.7 Å². The summed E-state index contributed by atoms with van der Waals surface area (Å²) in [5.41, 5.74) is 6.71. The van der Waals surface area contributed by atoms with Gasteiger partial charge in [0.25, 0.3) is 0 Å². The smallest absolute Gasteiger partial charge is 0.335 e. The van der Waals surface area contributed by atoms with Crippen molar-refractivity contribution in [3.8, 4) is 5.88 Å². The fourth-order valence-corrected chi connectivity index (χ4v) is 6.45. The van der Waals surface area contributed by atoms with E-state index in [2.05, 4.69) is 15.0 Å². The minimum Gasteiger partial charge on any atom is -0.474 e. The number of ether oxygens (including phenoxy) is 3. The molecule has 170 valence electrons. The van der Waals surface area contributed by atoms with E-state index in [1.54, 1.807) is 24.9 Å². The van der Waals surface area contributed by atoms with Crippen LogP contribution in [0.25, 0.3) is 11.2 Å². The van der Waals surface area contributed by atoms with E-state index in [1.807, 2.05) is 0 Å². The minimum absolute atomic E-state index is 0.0445. The molecule has 2 aromatic rings. The maximum absolute atomic E-state index is 12.5. The molecule has 0 radical (unpaired) electrons. The van der Waals surface area contributed by atoms with Crippen LogP contribution in [0.2, 0.25) is 0 Å². The number of hydrogen-bond acceptors (Lipinski definition) is 10. The number of fused-ring (bicyclic) bond motifs is 1. The van der Waals surface area contributed by atoms with E-state index in [-0.39, 0.29) is 38.0 Å². The summed E-state index contributed by atoms with van der Waals surface area (Å²) in [6.45, 7) is 2.99. The highest BCUT2D eigenvalue weighted by Crippen LogP contribution is 2.58. The molecule has 0 aromatic carbocycles. The first-order valence-electron chi connectivity index (χ1n) is 9.12. The quantitative estimate of drug-likeness (QED) is 0.267. The molecule has 0 aliphatic heterocycles. The average Bonchev–Trinajstić information content (AvgIpc) is 3.03. The summed E-state index contributed by atoms with van der Waals surface area (Å²) in [6.07, 6.45) is 1.70. The number of nitrogens with two attached hydrogens (primary N) is 1. The van der Waals surface area contributed by atoms with E-state index >= 15 is 0 Å². The van der Waals surface area contributed by atoms with Crippen LogP contribution in [0.15, 0.2) is 6.33 Å². The van der Waals surface area contributed by atoms with E-state index in [4.69, 9.17) is 34.3 Å². The third-order valence-corrected chi connectivity index (χ3v) is 8.22. The normalized spacial score (nSPS) is 14.1. The Labute approximate surface area is 173 Å². The van der Waals surface area contributed by atoms with Crippen LogP contribution in [0.3, 0.4) is 0 Å². The van der Waals surface area contributed by atoms with Crippen molar-refractivity contribution in [1.29, 1.82) is 0 Å². The van der Waals surface area contributed by atoms with E-state index in [9.17, 15) is 9.13 Å². The molecule has 0 aliphatic carbocycles. The molecule has 1 unspecified atom stereocenters. The van der Waals surface area contributed by atoms with Gasteiger partial charge in [-0.1, -0.05) is 0 Å². The van der Waals surface area contributed by atoms with E-state index in [0.717, 1.165) is 0 Å². The first kappa shape index (κ1) is 24.7. The number of methoxy groups -OCH3 is 1. The highest BCUT2D eigenvalue weighted by Gasteiger charge is 2.32. The Morgan fingerprint density at radius 2 is 1.97 bits per heavy atom. The van der Waals surface area contributed by atoms with Crippen molar-refractivity contribution in [2.24, 2.45) is 0 Å². The monoisotopic (exact) mass is 467 g/mol. The molecule has 2 rings (SSSR count). The summed E-state index contributed by atoms with van der Waals surface area (Å²) >= 11 is 0. The van der Waals surface area contributed by atoms with Crippen LogP contribution in [0, 0.1) is 0 Å². The molecule has 0 bridgehead atoms. The minimum atomic E-state index is -4.49. The molecule has 15 heteroatoms. The number of anilines is 1. The van der Waals surface area contributed by atoms with Gasteiger partial charge in [0, 0.05) is 20.3 Å². The van der Waals surface area contributed by atoms with Crippen LogP contribution in [-0.4, -0.2) is 75.1 Å². The third-order valence-electron chi connectivity index (χ3n) is 3.72. The Morgan fingerprint density at radius 1 is 1.20 bits per heavy atom. The molecule has 4 N–H and O–H groups in total. The fourth-order valence-electron chi connectivity index (χ4n) is 2.60. The van der Waals surface area contributed by atoms with Crippen LogP contribution in [-0.2, 0) is 29.7 Å². The molecule has 30 heavy (non-hydrogen) atoms. The summed E-state index contributed by atoms with van der Waals surface area (Å²) < 4.78 is 46.3. The van der Waals surface area contributed by atoms with Gasteiger partial charge in [-0.15, -0.1) is 0 Å². The molecule has 0 aliphatic rings. The molecule has 2 aromatic heterocycles. The summed E-state index contributed by atoms with van der Waals surface area (Å²) in [4.78, 5) is 30.7. The van der Waals surface area contributed by atoms with Crippen LogP contribution in [0.4, 0.5) is 5.95 Å². The van der Waals surface area contributed by atoms with Gasteiger partial charge in [0.1, 0.15) is 18.9 Å². The number of nitrogen functional groups attached to an aromatic ring is 1. The largest absolute Gasteiger partial charge is 0.474 e. The Bertz CT molecular complexity index is 918. The molecule has 1 atom stereocenters. The molecular formula is C15H27N5O8P2. The van der Waals surface area contributed by atoms with Gasteiger partial charge >= 0.3 is 7.60 Å². The predicted octanol–water partition coefficient (Wildman–Crippen LogP) is 1.25. The molecule has 0 saturated heterocycles. The maximum Gasteiger partial charge on any atom is 0.335 e. The molecule has 0 spiro atoms. The molecular weight excluding hydrogens is 440 g/mol. The summed E-state index contributed by atoms with van der Waals surface area (Å²) in [5, 5.41) is 0. The second kappa shape index (κ2) is 11.1. The van der Waals surface area contributed by atoms with Crippen LogP contribution < -0.4 is 10.5 Å². The van der Waals surface area contributed by atoms with E-state index in [1.165, 1.54) is 0 Å². The van der Waals surface area contributed by atoms with Crippen molar-refractivity contribution in [2.75, 3.05) is 51.5 Å². The fraction of sp³-hybridized carbons (Fsp3) is 0.667. The SMILES string of the molecule is CCOP(=O)(COCCCn1cnc2c(OCCOC)nc(N)nc21)CP(=O)(O)O. The van der Waals surface area contributed by atoms with Gasteiger partial charge < -0.3 is 38.8 Å². The molecule has 2 heterocycles. The average molecular weight is 467 g/mol. The van der Waals surface area contributed by atoms with Crippen molar-refractivity contribution in [3.63, 3.8) is 0 Å². The van der Waals surface area contributed by atoms with Gasteiger partial charge in [-0.2, -0.15) is 9.97 Å². The van der Waals surface area contributed by atoms with Gasteiger partial charge in [0.05, 0.1) is 19.5 Å². The highest BCUT2D eigenvalue weighted by atomic mass is 31.2. The van der Waals surface area contributed by atoms with Gasteiger partial charge in [-0.25, -0.2) is 4.98 Å². The van der Waals surface area contributed by atoms with Crippen LogP contribution in [0.1, 0.15) is 13.3 Å². The maximum atomic E-state index is 12.5. The lowest BCUT2D eigenvalue weighted by Crippen LogP contribution is -2.09. The topological polar surface area (TPSA) is 181 Å². The lowest BCUT2D eigenvalue weighted by molar-refractivity contribution is 0.144. The first-order valence-corrected chi connectivity index (χ1v) is 12.9. The Kier molecular flexibility index (Phi) is 9.17. The first-order chi connectivity index (χ1) is 14.2. The predicted molar refractivity (Wildman–Crippen MR) is 109 cm³/mol. The Morgan fingerprint density at radius 3 is 2.63 bits per heavy atom. The summed E-state index contributed by atoms with van der Waals surface area (Å²) in [6, 6.07) is 0. The lowest BCUT2D eigenvalue weighted by Gasteiger charge is -2.18. The second-order valence-electron chi connectivity index (χ2n) is 6.27. The Hall–Kier alpha value is -1.59. The van der Waals surface area contributed by atoms with Gasteiger partial charge in [-0.3, -0.25) is 9.13 Å². The van der Waals surface area contributed by atoms with Gasteiger partial charge in [0.2, 0.25) is 19.2 Å². The van der Waals surface area contributed by atoms with Crippen LogP contribution in [0.5, 0.6) is 5.88 Å². The van der Waals surface area contributed by atoms with Crippen molar-refractivity contribution >= 4 is 32.1 Å². The Balaban J connectivity index is 1.93. The third kappa shape index (κ3) is 7.59. The summed E-state index contributed by atoms with van der Waals surface area (Å²) in [5.74, 6) is -0.537.